The summed E-state index contributed by atoms with van der Waals surface area (Å²) in [5.74, 6) is 0. The Morgan fingerprint density at radius 2 is 0.947 bits per heavy atom. The molecule has 19 heavy (non-hydrogen) atoms. The molecule has 0 bridgehead atoms. The van der Waals surface area contributed by atoms with E-state index in [2.05, 4.69) is 0 Å². The van der Waals surface area contributed by atoms with Gasteiger partial charge in [0.1, 0.15) is 0 Å². The molecule has 0 saturated heterocycles. The summed E-state index contributed by atoms with van der Waals surface area (Å²) in [7, 11) is -15.8. The van der Waals surface area contributed by atoms with Crippen LogP contribution in [0.15, 0.2) is 0 Å². The van der Waals surface area contributed by atoms with Gasteiger partial charge in [-0.15, -0.1) is 0 Å². The van der Waals surface area contributed by atoms with Crippen LogP contribution in [0, 0.1) is 4.78 Å². The fourth-order valence-corrected chi connectivity index (χ4v) is 2.15. The lowest BCUT2D eigenvalue weighted by molar-refractivity contribution is -0.0476. The van der Waals surface area contributed by atoms with Crippen LogP contribution in [0.25, 0.3) is 0 Å². The third-order valence-electron chi connectivity index (χ3n) is 0.829. The average molecular weight is 360 g/mol. The summed E-state index contributed by atoms with van der Waals surface area (Å²) >= 11 is 0. The number of sulfonamides is 2. The van der Waals surface area contributed by atoms with E-state index in [-0.39, 0.29) is 0 Å². The monoisotopic (exact) mass is 360 g/mol. The van der Waals surface area contributed by atoms with Crippen LogP contribution < -0.4 is 4.13 Å². The minimum Gasteiger partial charge on any atom is -0.202 e. The number of hydrogen-bond acceptors (Lipinski definition) is 7. The SMILES string of the molecule is N=S(=O)=O.O=S(=O)(NS(=O)(=O)C(F)(F)F)C(F)(F)F. The van der Waals surface area contributed by atoms with Crippen molar-refractivity contribution in [3.05, 3.63) is 0 Å². The number of hydrogen-bond donors (Lipinski definition) is 2. The molecule has 2 N–H and O–H groups in total. The molecule has 0 aliphatic heterocycles. The summed E-state index contributed by atoms with van der Waals surface area (Å²) in [5, 5.41) is 0. The number of nitrogens with one attached hydrogen (secondary N) is 2. The van der Waals surface area contributed by atoms with Crippen molar-refractivity contribution in [3.8, 4) is 0 Å². The van der Waals surface area contributed by atoms with Crippen LogP contribution in [0.2, 0.25) is 0 Å². The van der Waals surface area contributed by atoms with Gasteiger partial charge in [-0.25, -0.2) is 16.8 Å². The second kappa shape index (κ2) is 6.01. The Morgan fingerprint density at radius 1 is 0.789 bits per heavy atom. The highest BCUT2D eigenvalue weighted by Gasteiger charge is 2.55. The van der Waals surface area contributed by atoms with E-state index in [1.54, 1.807) is 0 Å². The van der Waals surface area contributed by atoms with Gasteiger partial charge in [-0.1, -0.05) is 4.13 Å². The van der Waals surface area contributed by atoms with Gasteiger partial charge in [0.25, 0.3) is 0 Å². The van der Waals surface area contributed by atoms with Crippen LogP contribution in [0.3, 0.4) is 0 Å². The maximum atomic E-state index is 11.5. The molecule has 116 valence electrons. The maximum absolute atomic E-state index is 11.5. The quantitative estimate of drug-likeness (QED) is 0.660. The summed E-state index contributed by atoms with van der Waals surface area (Å²) in [6.07, 6.45) is 0. The molecule has 0 spiro atoms. The van der Waals surface area contributed by atoms with E-state index in [1.807, 2.05) is 0 Å². The standard InChI is InChI=1S/C2HF6NO4S2.HNO2S/c3-1(4,5)14(10,11)9-15(12,13)2(6,7)8;1-4(2)3/h9H;1H. The van der Waals surface area contributed by atoms with Gasteiger partial charge in [-0.3, -0.25) is 0 Å². The average Bonchev–Trinajstić information content (AvgIpc) is 1.94. The van der Waals surface area contributed by atoms with Crippen molar-refractivity contribution in [2.45, 2.75) is 11.0 Å². The molecule has 17 heteroatoms. The predicted molar refractivity (Wildman–Crippen MR) is 44.7 cm³/mol. The van der Waals surface area contributed by atoms with Crippen LogP contribution in [0.1, 0.15) is 0 Å². The zero-order valence-electron chi connectivity index (χ0n) is 7.94. The Balaban J connectivity index is 0. The molecule has 0 rings (SSSR count). The van der Waals surface area contributed by atoms with Crippen molar-refractivity contribution < 1.29 is 51.6 Å². The third-order valence-corrected chi connectivity index (χ3v) is 3.80. The Bertz CT molecular complexity index is 560. The van der Waals surface area contributed by atoms with Gasteiger partial charge in [-0.2, -0.15) is 39.5 Å². The Morgan fingerprint density at radius 3 is 1.05 bits per heavy atom. The van der Waals surface area contributed by atoms with E-state index in [0.29, 0.717) is 0 Å². The largest absolute Gasteiger partial charge is 0.512 e. The number of halogens is 6. The smallest absolute Gasteiger partial charge is 0.202 e. The summed E-state index contributed by atoms with van der Waals surface area (Å²) in [4.78, 5) is 0. The van der Waals surface area contributed by atoms with Crippen molar-refractivity contribution in [1.29, 1.82) is 4.78 Å². The fourth-order valence-electron chi connectivity index (χ4n) is 0.239. The fraction of sp³-hybridized carbons (Fsp3) is 1.00. The first-order chi connectivity index (χ1) is 7.94. The van der Waals surface area contributed by atoms with Crippen molar-refractivity contribution in [1.82, 2.24) is 4.13 Å². The first-order valence-electron chi connectivity index (χ1n) is 3.15. The van der Waals surface area contributed by atoms with Crippen LogP contribution in [-0.4, -0.2) is 36.3 Å². The molecule has 0 unspecified atom stereocenters. The van der Waals surface area contributed by atoms with Gasteiger partial charge < -0.3 is 0 Å². The zero-order valence-corrected chi connectivity index (χ0v) is 10.4. The van der Waals surface area contributed by atoms with E-state index in [9.17, 15) is 43.2 Å². The molecule has 0 atom stereocenters. The van der Waals surface area contributed by atoms with Crippen molar-refractivity contribution in [3.63, 3.8) is 0 Å². The molecule has 8 nitrogen and oxygen atoms in total. The Kier molecular flexibility index (Phi) is 6.45. The van der Waals surface area contributed by atoms with Gasteiger partial charge >= 0.3 is 41.6 Å². The minimum absolute atomic E-state index is 0.493. The summed E-state index contributed by atoms with van der Waals surface area (Å²) in [6.45, 7) is 0. The molecule has 0 radical (unpaired) electrons. The molecular weight excluding hydrogens is 358 g/mol. The van der Waals surface area contributed by atoms with Gasteiger partial charge in [0.05, 0.1) is 0 Å². The van der Waals surface area contributed by atoms with Crippen LogP contribution in [-0.2, 0) is 30.5 Å². The van der Waals surface area contributed by atoms with Gasteiger partial charge in [-0.05, 0) is 0 Å². The lowest BCUT2D eigenvalue weighted by Gasteiger charge is -2.11. The van der Waals surface area contributed by atoms with E-state index < -0.39 is 45.7 Å². The maximum Gasteiger partial charge on any atom is 0.512 e. The summed E-state index contributed by atoms with van der Waals surface area (Å²) < 4.78 is 131. The molecule has 0 heterocycles. The van der Waals surface area contributed by atoms with Crippen molar-refractivity contribution in [2.24, 2.45) is 0 Å². The van der Waals surface area contributed by atoms with Crippen LogP contribution in [0.5, 0.6) is 0 Å². The van der Waals surface area contributed by atoms with Crippen molar-refractivity contribution in [2.75, 3.05) is 0 Å². The molecule has 0 aromatic heterocycles. The predicted octanol–water partition coefficient (Wildman–Crippen LogP) is -0.0969. The second-order valence-electron chi connectivity index (χ2n) is 2.22. The summed E-state index contributed by atoms with van der Waals surface area (Å²) in [6, 6.07) is 0. The van der Waals surface area contributed by atoms with Crippen LogP contribution in [0.4, 0.5) is 26.3 Å². The van der Waals surface area contributed by atoms with Crippen LogP contribution >= 0.6 is 0 Å². The number of rotatable bonds is 2. The second-order valence-corrected chi connectivity index (χ2v) is 6.29. The first-order valence-corrected chi connectivity index (χ1v) is 7.20. The highest BCUT2D eigenvalue weighted by molar-refractivity contribution is 8.05. The normalized spacial score (nSPS) is 13.4. The van der Waals surface area contributed by atoms with Gasteiger partial charge in [0, 0.05) is 0 Å². The molecule has 0 aliphatic carbocycles. The van der Waals surface area contributed by atoms with E-state index >= 15 is 0 Å². The van der Waals surface area contributed by atoms with Gasteiger partial charge in [0.2, 0.25) is 0 Å². The van der Waals surface area contributed by atoms with Crippen molar-refractivity contribution >= 4 is 30.5 Å². The molecule has 0 fully saturated rings. The minimum atomic E-state index is -6.60. The third kappa shape index (κ3) is 7.28. The molecule has 0 aromatic carbocycles. The first kappa shape index (κ1) is 20.4. The Hall–Kier alpha value is -0.940. The van der Waals surface area contributed by atoms with Gasteiger partial charge in [0.15, 0.2) is 0 Å². The Labute approximate surface area is 103 Å². The van der Waals surface area contributed by atoms with E-state index in [4.69, 9.17) is 13.2 Å². The highest BCUT2D eigenvalue weighted by atomic mass is 32.3. The molecular formula is C2H2F6N2O6S3. The van der Waals surface area contributed by atoms with E-state index in [1.165, 1.54) is 0 Å². The lowest BCUT2D eigenvalue weighted by atomic mass is 11.6. The molecule has 0 saturated carbocycles. The summed E-state index contributed by atoms with van der Waals surface area (Å²) in [5.41, 5.74) is -12.3. The number of alkyl halides is 6. The molecule has 0 amide bonds. The molecule has 0 aliphatic rings. The zero-order chi connectivity index (χ0) is 16.3. The highest BCUT2D eigenvalue weighted by Crippen LogP contribution is 2.27. The molecule has 0 aromatic rings. The topological polar surface area (TPSA) is 138 Å². The lowest BCUT2D eigenvalue weighted by Crippen LogP contribution is -2.45. The van der Waals surface area contributed by atoms with E-state index in [0.717, 1.165) is 0 Å².